The van der Waals surface area contributed by atoms with Gasteiger partial charge in [0, 0.05) is 0 Å². The minimum atomic E-state index is 0.187. The van der Waals surface area contributed by atoms with Gasteiger partial charge < -0.3 is 0 Å². The van der Waals surface area contributed by atoms with Crippen molar-refractivity contribution < 1.29 is 0 Å². The maximum absolute atomic E-state index is 2.36. The van der Waals surface area contributed by atoms with E-state index >= 15 is 0 Å². The first-order valence-electron chi connectivity index (χ1n) is 7.82. The molecule has 0 saturated carbocycles. The third-order valence-corrected chi connectivity index (χ3v) is 5.02. The van der Waals surface area contributed by atoms with Crippen LogP contribution in [0.5, 0.6) is 0 Å². The van der Waals surface area contributed by atoms with Crippen molar-refractivity contribution >= 4 is 74.4 Å². The molecule has 0 aromatic heterocycles. The zero-order valence-electron chi connectivity index (χ0n) is 14.8. The second kappa shape index (κ2) is 5.55. The Morgan fingerprint density at radius 3 is 1.71 bits per heavy atom. The zero-order chi connectivity index (χ0) is 15.9. The molecule has 2 aromatic rings. The monoisotopic (exact) mass is 268 g/mol. The highest BCUT2D eigenvalue weighted by molar-refractivity contribution is 6.68. The third kappa shape index (κ3) is 2.91. The highest BCUT2D eigenvalue weighted by Gasteiger charge is 2.17. The normalized spacial score (nSPS) is 11.5. The lowest BCUT2D eigenvalue weighted by Gasteiger charge is -2.23. The largest absolute Gasteiger partial charge is 0.139 e. The molecule has 2 aromatic carbocycles. The molecule has 21 heavy (non-hydrogen) atoms. The van der Waals surface area contributed by atoms with Gasteiger partial charge in [-0.25, -0.2) is 0 Å². The Hall–Kier alpha value is -1.17. The third-order valence-electron chi connectivity index (χ3n) is 5.02. The summed E-state index contributed by atoms with van der Waals surface area (Å²) in [6.07, 6.45) is 0. The number of benzene rings is 2. The highest BCUT2D eigenvalue weighted by Crippen LogP contribution is 2.23. The lowest BCUT2D eigenvalue weighted by atomic mass is 9.59. The van der Waals surface area contributed by atoms with E-state index in [0.29, 0.717) is 0 Å². The molecule has 0 aliphatic carbocycles. The van der Waals surface area contributed by atoms with Crippen molar-refractivity contribution in [2.24, 2.45) is 0 Å². The van der Waals surface area contributed by atoms with E-state index in [9.17, 15) is 0 Å². The summed E-state index contributed by atoms with van der Waals surface area (Å²) in [5.74, 6) is 0. The minimum Gasteiger partial charge on any atom is -0.102 e. The standard InChI is InChI=1S/C15H22B6/c1-15(2,21)8-5-3-4-7(6-8)9-10(16)12(18)14(20)13(19)11(9)17/h3-6H,16-21H2,1-2H3. The quantitative estimate of drug-likeness (QED) is 0.476. The van der Waals surface area contributed by atoms with Crippen LogP contribution in [0, 0.1) is 0 Å². The summed E-state index contributed by atoms with van der Waals surface area (Å²) in [6.45, 7) is 4.55. The average Bonchev–Trinajstić information content (AvgIpc) is 2.43. The molecule has 0 unspecified atom stereocenters. The summed E-state index contributed by atoms with van der Waals surface area (Å²) in [6, 6.07) is 9.05. The number of hydrogen-bond donors (Lipinski definition) is 0. The van der Waals surface area contributed by atoms with Crippen LogP contribution in [-0.4, -0.2) is 47.1 Å². The molecule has 0 aliphatic heterocycles. The Kier molecular flexibility index (Phi) is 4.29. The SMILES string of the molecule is Bc1c(B)c(B)c(-c2cccc(C(B)(C)C)c2)c(B)c1B. The molecule has 0 N–H and O–H groups in total. The average molecular weight is 267 g/mol. The first kappa shape index (κ1) is 16.2. The molecule has 6 heteroatoms. The van der Waals surface area contributed by atoms with E-state index in [-0.39, 0.29) is 5.31 Å². The van der Waals surface area contributed by atoms with Crippen LogP contribution in [0.4, 0.5) is 0 Å². The van der Waals surface area contributed by atoms with Crippen molar-refractivity contribution in [2.75, 3.05) is 0 Å². The van der Waals surface area contributed by atoms with Gasteiger partial charge in [0.1, 0.15) is 47.1 Å². The van der Waals surface area contributed by atoms with E-state index in [2.05, 4.69) is 85.2 Å². The molecule has 0 radical (unpaired) electrons. The summed E-state index contributed by atoms with van der Waals surface area (Å²) >= 11 is 0. The topological polar surface area (TPSA) is 0 Å². The van der Waals surface area contributed by atoms with E-state index in [1.807, 2.05) is 0 Å². The fraction of sp³-hybridized carbons (Fsp3) is 0.200. The summed E-state index contributed by atoms with van der Waals surface area (Å²) < 4.78 is 0. The first-order valence-corrected chi connectivity index (χ1v) is 7.82. The van der Waals surface area contributed by atoms with E-state index in [4.69, 9.17) is 0 Å². The van der Waals surface area contributed by atoms with Crippen LogP contribution in [-0.2, 0) is 5.31 Å². The maximum Gasteiger partial charge on any atom is 0.139 e. The van der Waals surface area contributed by atoms with Crippen LogP contribution in [0.2, 0.25) is 0 Å². The molecule has 100 valence electrons. The zero-order valence-corrected chi connectivity index (χ0v) is 14.8. The fourth-order valence-corrected chi connectivity index (χ4v) is 3.07. The predicted molar refractivity (Wildman–Crippen MR) is 114 cm³/mol. The van der Waals surface area contributed by atoms with Crippen LogP contribution in [0.25, 0.3) is 11.1 Å². The van der Waals surface area contributed by atoms with Crippen LogP contribution < -0.4 is 27.3 Å². The Morgan fingerprint density at radius 1 is 0.762 bits per heavy atom. The molecule has 0 nitrogen and oxygen atoms in total. The van der Waals surface area contributed by atoms with Gasteiger partial charge in [0.2, 0.25) is 0 Å². The van der Waals surface area contributed by atoms with E-state index in [1.54, 1.807) is 0 Å². The second-order valence-electron chi connectivity index (χ2n) is 7.33. The van der Waals surface area contributed by atoms with Crippen LogP contribution in [0.3, 0.4) is 0 Å². The smallest absolute Gasteiger partial charge is 0.102 e. The molecule has 0 heterocycles. The van der Waals surface area contributed by atoms with Crippen molar-refractivity contribution in [1.29, 1.82) is 0 Å². The van der Waals surface area contributed by atoms with Gasteiger partial charge in [-0.2, -0.15) is 0 Å². The van der Waals surface area contributed by atoms with Crippen LogP contribution in [0.1, 0.15) is 19.4 Å². The Bertz CT molecular complexity index is 671. The van der Waals surface area contributed by atoms with Crippen LogP contribution >= 0.6 is 0 Å². The highest BCUT2D eigenvalue weighted by atomic mass is 14.2. The molecule has 0 saturated heterocycles. The molecule has 0 spiro atoms. The van der Waals surface area contributed by atoms with Crippen molar-refractivity contribution in [2.45, 2.75) is 19.2 Å². The molecule has 2 rings (SSSR count). The van der Waals surface area contributed by atoms with Crippen molar-refractivity contribution in [3.63, 3.8) is 0 Å². The summed E-state index contributed by atoms with van der Waals surface area (Å²) in [7, 11) is 13.5. The maximum atomic E-state index is 2.36. The van der Waals surface area contributed by atoms with Gasteiger partial charge in [-0.1, -0.05) is 49.0 Å². The molecule has 0 fully saturated rings. The summed E-state index contributed by atoms with van der Waals surface area (Å²) in [5, 5.41) is 0.187. The van der Waals surface area contributed by atoms with Gasteiger partial charge in [-0.05, 0) is 22.0 Å². The van der Waals surface area contributed by atoms with Gasteiger partial charge >= 0.3 is 0 Å². The second-order valence-corrected chi connectivity index (χ2v) is 7.33. The predicted octanol–water partition coefficient (Wildman–Crippen LogP) is -5.49. The first-order chi connectivity index (χ1) is 9.64. The van der Waals surface area contributed by atoms with Crippen molar-refractivity contribution in [1.82, 2.24) is 0 Å². The molecule has 0 atom stereocenters. The van der Waals surface area contributed by atoms with Gasteiger partial charge in [-0.15, -0.1) is 16.4 Å². The van der Waals surface area contributed by atoms with Gasteiger partial charge in [0.25, 0.3) is 0 Å². The Morgan fingerprint density at radius 2 is 1.24 bits per heavy atom. The van der Waals surface area contributed by atoms with E-state index < -0.39 is 0 Å². The summed E-state index contributed by atoms with van der Waals surface area (Å²) in [5.41, 5.74) is 11.3. The molecular weight excluding hydrogens is 245 g/mol. The van der Waals surface area contributed by atoms with E-state index in [1.165, 1.54) is 44.0 Å². The lowest BCUT2D eigenvalue weighted by Crippen LogP contribution is -2.55. The number of hydrogen-bond acceptors (Lipinski definition) is 0. The van der Waals surface area contributed by atoms with Crippen molar-refractivity contribution in [3.8, 4) is 11.1 Å². The minimum absolute atomic E-state index is 0.187. The van der Waals surface area contributed by atoms with Crippen LogP contribution in [0.15, 0.2) is 24.3 Å². The van der Waals surface area contributed by atoms with Crippen molar-refractivity contribution in [3.05, 3.63) is 29.8 Å². The Labute approximate surface area is 134 Å². The molecule has 0 aliphatic rings. The Balaban J connectivity index is 2.74. The molecule has 0 bridgehead atoms. The molecular formula is C15H22B6. The van der Waals surface area contributed by atoms with Gasteiger partial charge in [0.05, 0.1) is 0 Å². The molecule has 0 amide bonds. The fourth-order valence-electron chi connectivity index (χ4n) is 3.07. The summed E-state index contributed by atoms with van der Waals surface area (Å²) in [4.78, 5) is 0. The number of rotatable bonds is 2. The van der Waals surface area contributed by atoms with Gasteiger partial charge in [-0.3, -0.25) is 0 Å². The lowest BCUT2D eigenvalue weighted by molar-refractivity contribution is 0.764. The van der Waals surface area contributed by atoms with E-state index in [0.717, 1.165) is 0 Å². The van der Waals surface area contributed by atoms with Gasteiger partial charge in [0.15, 0.2) is 0 Å².